The van der Waals surface area contributed by atoms with E-state index >= 15 is 0 Å². The van der Waals surface area contributed by atoms with Gasteiger partial charge in [0, 0.05) is 18.7 Å². The highest BCUT2D eigenvalue weighted by molar-refractivity contribution is 5.72. The van der Waals surface area contributed by atoms with Gasteiger partial charge in [0.25, 0.3) is 0 Å². The van der Waals surface area contributed by atoms with Crippen LogP contribution in [-0.4, -0.2) is 22.0 Å². The molecule has 3 N–H and O–H groups in total. The number of phenols is 1. The van der Waals surface area contributed by atoms with Crippen LogP contribution in [0, 0.1) is 13.8 Å². The van der Waals surface area contributed by atoms with Gasteiger partial charge < -0.3 is 15.6 Å². The van der Waals surface area contributed by atoms with Crippen molar-refractivity contribution in [2.24, 2.45) is 7.05 Å². The molecule has 18 heavy (non-hydrogen) atoms. The monoisotopic (exact) mass is 247 g/mol. The van der Waals surface area contributed by atoms with Crippen LogP contribution in [-0.2, 0) is 7.05 Å². The topological polar surface area (TPSA) is 73.3 Å². The number of nitrogens with two attached hydrogens (primary N) is 1. The number of methoxy groups -OCH3 is 1. The van der Waals surface area contributed by atoms with E-state index in [-0.39, 0.29) is 5.75 Å². The fourth-order valence-electron chi connectivity index (χ4n) is 1.91. The molecule has 1 aromatic carbocycles. The highest BCUT2D eigenvalue weighted by atomic mass is 16.5. The van der Waals surface area contributed by atoms with Gasteiger partial charge in [-0.15, -0.1) is 0 Å². The van der Waals surface area contributed by atoms with Crippen molar-refractivity contribution >= 4 is 5.82 Å². The summed E-state index contributed by atoms with van der Waals surface area (Å²) in [5.41, 5.74) is 9.22. The molecule has 0 atom stereocenters. The number of nitrogen functional groups attached to an aromatic ring is 1. The van der Waals surface area contributed by atoms with E-state index in [0.717, 1.165) is 22.4 Å². The first-order chi connectivity index (χ1) is 8.45. The zero-order valence-corrected chi connectivity index (χ0v) is 11.0. The average Bonchev–Trinajstić information content (AvgIpc) is 2.67. The molecular formula is C13H17N3O2. The molecule has 0 aliphatic heterocycles. The van der Waals surface area contributed by atoms with Crippen LogP contribution in [0.5, 0.6) is 11.5 Å². The van der Waals surface area contributed by atoms with Crippen LogP contribution >= 0.6 is 0 Å². The van der Waals surface area contributed by atoms with Gasteiger partial charge in [-0.2, -0.15) is 5.10 Å². The lowest BCUT2D eigenvalue weighted by Crippen LogP contribution is -1.97. The average molecular weight is 247 g/mol. The minimum atomic E-state index is 0.169. The molecule has 1 heterocycles. The molecule has 0 aliphatic rings. The lowest BCUT2D eigenvalue weighted by atomic mass is 9.99. The van der Waals surface area contributed by atoms with E-state index in [4.69, 9.17) is 10.5 Å². The standard InChI is InChI=1S/C13H17N3O2/c1-7-8(2)13(17)11(18-4)5-9(7)10-6-12(14)16(3)15-10/h5-6,17H,14H2,1-4H3. The van der Waals surface area contributed by atoms with Gasteiger partial charge in [-0.25, -0.2) is 0 Å². The Balaban J connectivity index is 2.67. The number of nitrogens with zero attached hydrogens (tertiary/aromatic N) is 2. The Morgan fingerprint density at radius 3 is 2.44 bits per heavy atom. The van der Waals surface area contributed by atoms with Crippen molar-refractivity contribution in [3.8, 4) is 22.8 Å². The van der Waals surface area contributed by atoms with Crippen molar-refractivity contribution in [3.63, 3.8) is 0 Å². The molecule has 96 valence electrons. The van der Waals surface area contributed by atoms with Crippen LogP contribution in [0.2, 0.25) is 0 Å². The molecule has 0 amide bonds. The number of aryl methyl sites for hydroxylation is 1. The summed E-state index contributed by atoms with van der Waals surface area (Å²) in [6.07, 6.45) is 0. The number of ether oxygens (including phenoxy) is 1. The second-order valence-corrected chi connectivity index (χ2v) is 4.30. The Labute approximate surface area is 106 Å². The van der Waals surface area contributed by atoms with E-state index in [1.165, 1.54) is 7.11 Å². The van der Waals surface area contributed by atoms with Crippen LogP contribution in [0.1, 0.15) is 11.1 Å². The minimum Gasteiger partial charge on any atom is -0.504 e. The summed E-state index contributed by atoms with van der Waals surface area (Å²) in [5, 5.41) is 14.3. The molecular weight excluding hydrogens is 230 g/mol. The quantitative estimate of drug-likeness (QED) is 0.851. The molecule has 0 saturated carbocycles. The van der Waals surface area contributed by atoms with Gasteiger partial charge in [0.05, 0.1) is 12.8 Å². The zero-order valence-electron chi connectivity index (χ0n) is 11.0. The third-order valence-corrected chi connectivity index (χ3v) is 3.24. The first-order valence-electron chi connectivity index (χ1n) is 5.62. The molecule has 0 saturated heterocycles. The van der Waals surface area contributed by atoms with Crippen molar-refractivity contribution in [1.29, 1.82) is 0 Å². The van der Waals surface area contributed by atoms with Crippen molar-refractivity contribution < 1.29 is 9.84 Å². The Morgan fingerprint density at radius 1 is 1.28 bits per heavy atom. The number of aromatic nitrogens is 2. The third kappa shape index (κ3) is 1.77. The van der Waals surface area contributed by atoms with Gasteiger partial charge in [0.15, 0.2) is 11.5 Å². The van der Waals surface area contributed by atoms with E-state index in [2.05, 4.69) is 5.10 Å². The molecule has 5 nitrogen and oxygen atoms in total. The molecule has 0 aliphatic carbocycles. The molecule has 0 fully saturated rings. The number of aromatic hydroxyl groups is 1. The van der Waals surface area contributed by atoms with Crippen molar-refractivity contribution in [2.45, 2.75) is 13.8 Å². The lowest BCUT2D eigenvalue weighted by molar-refractivity contribution is 0.371. The number of hydrogen-bond acceptors (Lipinski definition) is 4. The summed E-state index contributed by atoms with van der Waals surface area (Å²) >= 11 is 0. The summed E-state index contributed by atoms with van der Waals surface area (Å²) in [7, 11) is 3.32. The maximum Gasteiger partial charge on any atom is 0.161 e. The van der Waals surface area contributed by atoms with Gasteiger partial charge in [0.2, 0.25) is 0 Å². The Bertz CT molecular complexity index is 583. The molecule has 1 aromatic heterocycles. The van der Waals surface area contributed by atoms with E-state index in [1.807, 2.05) is 13.8 Å². The van der Waals surface area contributed by atoms with Crippen LogP contribution in [0.4, 0.5) is 5.82 Å². The fourth-order valence-corrected chi connectivity index (χ4v) is 1.91. The van der Waals surface area contributed by atoms with Gasteiger partial charge in [-0.05, 0) is 31.0 Å². The summed E-state index contributed by atoms with van der Waals surface area (Å²) in [5.74, 6) is 1.20. The molecule has 0 spiro atoms. The van der Waals surface area contributed by atoms with Gasteiger partial charge in [-0.3, -0.25) is 4.68 Å². The van der Waals surface area contributed by atoms with Crippen LogP contribution < -0.4 is 10.5 Å². The predicted molar refractivity (Wildman–Crippen MR) is 70.7 cm³/mol. The largest absolute Gasteiger partial charge is 0.504 e. The zero-order chi connectivity index (χ0) is 13.4. The van der Waals surface area contributed by atoms with Crippen molar-refractivity contribution in [1.82, 2.24) is 9.78 Å². The lowest BCUT2D eigenvalue weighted by Gasteiger charge is -2.12. The van der Waals surface area contributed by atoms with Crippen LogP contribution in [0.15, 0.2) is 12.1 Å². The molecule has 5 heteroatoms. The number of hydrogen-bond donors (Lipinski definition) is 2. The molecule has 0 radical (unpaired) electrons. The fraction of sp³-hybridized carbons (Fsp3) is 0.308. The summed E-state index contributed by atoms with van der Waals surface area (Å²) < 4.78 is 6.78. The van der Waals surface area contributed by atoms with Crippen molar-refractivity contribution in [3.05, 3.63) is 23.3 Å². The van der Waals surface area contributed by atoms with Crippen LogP contribution in [0.25, 0.3) is 11.3 Å². The highest BCUT2D eigenvalue weighted by Crippen LogP contribution is 2.38. The SMILES string of the molecule is COc1cc(-c2cc(N)n(C)n2)c(C)c(C)c1O. The summed E-state index contributed by atoms with van der Waals surface area (Å²) in [6, 6.07) is 3.58. The van der Waals surface area contributed by atoms with E-state index in [1.54, 1.807) is 23.9 Å². The third-order valence-electron chi connectivity index (χ3n) is 3.24. The number of phenolic OH excluding ortho intramolecular Hbond substituents is 1. The summed E-state index contributed by atoms with van der Waals surface area (Å²) in [6.45, 7) is 3.79. The smallest absolute Gasteiger partial charge is 0.161 e. The molecule has 0 unspecified atom stereocenters. The summed E-state index contributed by atoms with van der Waals surface area (Å²) in [4.78, 5) is 0. The maximum absolute atomic E-state index is 9.93. The number of benzene rings is 1. The Morgan fingerprint density at radius 2 is 1.94 bits per heavy atom. The molecule has 2 rings (SSSR count). The number of anilines is 1. The van der Waals surface area contributed by atoms with Gasteiger partial charge >= 0.3 is 0 Å². The first kappa shape index (κ1) is 12.3. The van der Waals surface area contributed by atoms with E-state index < -0.39 is 0 Å². The molecule has 2 aromatic rings. The van der Waals surface area contributed by atoms with Crippen LogP contribution in [0.3, 0.4) is 0 Å². The minimum absolute atomic E-state index is 0.169. The predicted octanol–water partition coefficient (Wildman–Crippen LogP) is 2.00. The van der Waals surface area contributed by atoms with Gasteiger partial charge in [0.1, 0.15) is 5.82 Å². The highest BCUT2D eigenvalue weighted by Gasteiger charge is 2.15. The Kier molecular flexibility index (Phi) is 2.90. The first-order valence-corrected chi connectivity index (χ1v) is 5.62. The van der Waals surface area contributed by atoms with E-state index in [9.17, 15) is 5.11 Å². The van der Waals surface area contributed by atoms with E-state index in [0.29, 0.717) is 11.6 Å². The second kappa shape index (κ2) is 4.25. The Hall–Kier alpha value is -2.17. The number of rotatable bonds is 2. The maximum atomic E-state index is 9.93. The normalized spacial score (nSPS) is 10.7. The van der Waals surface area contributed by atoms with Gasteiger partial charge in [-0.1, -0.05) is 0 Å². The molecule has 0 bridgehead atoms. The van der Waals surface area contributed by atoms with Crippen molar-refractivity contribution in [2.75, 3.05) is 12.8 Å². The second-order valence-electron chi connectivity index (χ2n) is 4.30.